The SMILES string of the molecule is CCNc1nc(COCC)nc2sc(C)c(C)c12. The molecule has 0 spiro atoms. The molecule has 5 heteroatoms. The first-order valence-corrected chi connectivity index (χ1v) is 7.07. The molecule has 2 aromatic heterocycles. The van der Waals surface area contributed by atoms with Gasteiger partial charge in [-0.3, -0.25) is 0 Å². The fraction of sp³-hybridized carbons (Fsp3) is 0.538. The van der Waals surface area contributed by atoms with Gasteiger partial charge in [0.05, 0.1) is 5.39 Å². The van der Waals surface area contributed by atoms with Gasteiger partial charge in [-0.05, 0) is 33.3 Å². The van der Waals surface area contributed by atoms with E-state index in [0.29, 0.717) is 13.2 Å². The van der Waals surface area contributed by atoms with E-state index in [1.165, 1.54) is 10.4 Å². The number of thiophene rings is 1. The minimum absolute atomic E-state index is 0.473. The van der Waals surface area contributed by atoms with Crippen LogP contribution in [0.25, 0.3) is 10.2 Å². The van der Waals surface area contributed by atoms with E-state index in [4.69, 9.17) is 4.74 Å². The largest absolute Gasteiger partial charge is 0.374 e. The number of hydrogen-bond acceptors (Lipinski definition) is 5. The number of hydrogen-bond donors (Lipinski definition) is 1. The second-order valence-electron chi connectivity index (χ2n) is 4.12. The van der Waals surface area contributed by atoms with E-state index < -0.39 is 0 Å². The van der Waals surface area contributed by atoms with Gasteiger partial charge >= 0.3 is 0 Å². The molecule has 0 unspecified atom stereocenters. The Morgan fingerprint density at radius 2 is 2.00 bits per heavy atom. The van der Waals surface area contributed by atoms with Gasteiger partial charge in [-0.2, -0.15) is 0 Å². The van der Waals surface area contributed by atoms with E-state index in [-0.39, 0.29) is 0 Å². The first kappa shape index (κ1) is 13.2. The molecule has 2 heterocycles. The Balaban J connectivity index is 2.52. The Bertz CT molecular complexity index is 551. The monoisotopic (exact) mass is 265 g/mol. The van der Waals surface area contributed by atoms with Crippen LogP contribution in [0.15, 0.2) is 0 Å². The molecule has 18 heavy (non-hydrogen) atoms. The van der Waals surface area contributed by atoms with Crippen LogP contribution in [0.5, 0.6) is 0 Å². The zero-order valence-corrected chi connectivity index (χ0v) is 12.1. The summed E-state index contributed by atoms with van der Waals surface area (Å²) >= 11 is 1.72. The summed E-state index contributed by atoms with van der Waals surface area (Å²) in [5.41, 5.74) is 1.27. The number of fused-ring (bicyclic) bond motifs is 1. The molecular formula is C13H19N3OS. The summed E-state index contributed by atoms with van der Waals surface area (Å²) in [7, 11) is 0. The zero-order valence-electron chi connectivity index (χ0n) is 11.3. The molecule has 0 atom stereocenters. The lowest BCUT2D eigenvalue weighted by Gasteiger charge is -2.08. The number of rotatable bonds is 5. The molecular weight excluding hydrogens is 246 g/mol. The number of nitrogens with one attached hydrogen (secondary N) is 1. The van der Waals surface area contributed by atoms with Crippen LogP contribution >= 0.6 is 11.3 Å². The van der Waals surface area contributed by atoms with Gasteiger partial charge in [-0.15, -0.1) is 11.3 Å². The number of aryl methyl sites for hydroxylation is 2. The van der Waals surface area contributed by atoms with Crippen molar-refractivity contribution in [2.75, 3.05) is 18.5 Å². The van der Waals surface area contributed by atoms with E-state index in [9.17, 15) is 0 Å². The van der Waals surface area contributed by atoms with Crippen LogP contribution in [0.3, 0.4) is 0 Å². The molecule has 0 saturated heterocycles. The summed E-state index contributed by atoms with van der Waals surface area (Å²) in [5, 5.41) is 4.47. The highest BCUT2D eigenvalue weighted by atomic mass is 32.1. The first-order chi connectivity index (χ1) is 8.67. The Kier molecular flexibility index (Phi) is 4.14. The van der Waals surface area contributed by atoms with E-state index in [2.05, 4.69) is 36.1 Å². The molecule has 0 aliphatic carbocycles. The molecule has 4 nitrogen and oxygen atoms in total. The summed E-state index contributed by atoms with van der Waals surface area (Å²) in [5.74, 6) is 1.68. The number of ether oxygens (including phenoxy) is 1. The lowest BCUT2D eigenvalue weighted by atomic mass is 10.2. The highest BCUT2D eigenvalue weighted by molar-refractivity contribution is 7.18. The van der Waals surface area contributed by atoms with Crippen molar-refractivity contribution in [2.45, 2.75) is 34.3 Å². The van der Waals surface area contributed by atoms with Crippen molar-refractivity contribution in [2.24, 2.45) is 0 Å². The Hall–Kier alpha value is -1.20. The first-order valence-electron chi connectivity index (χ1n) is 6.25. The van der Waals surface area contributed by atoms with Gasteiger partial charge in [0.15, 0.2) is 5.82 Å². The van der Waals surface area contributed by atoms with Crippen molar-refractivity contribution in [1.29, 1.82) is 0 Å². The molecule has 0 radical (unpaired) electrons. The quantitative estimate of drug-likeness (QED) is 0.901. The topological polar surface area (TPSA) is 47.0 Å². The molecule has 98 valence electrons. The molecule has 0 bridgehead atoms. The minimum Gasteiger partial charge on any atom is -0.374 e. The van der Waals surface area contributed by atoms with E-state index in [1.54, 1.807) is 11.3 Å². The van der Waals surface area contributed by atoms with Crippen molar-refractivity contribution in [3.05, 3.63) is 16.3 Å². The summed E-state index contributed by atoms with van der Waals surface area (Å²) < 4.78 is 5.39. The van der Waals surface area contributed by atoms with Crippen molar-refractivity contribution in [3.8, 4) is 0 Å². The van der Waals surface area contributed by atoms with Crippen LogP contribution in [0.1, 0.15) is 30.1 Å². The molecule has 0 aliphatic heterocycles. The zero-order chi connectivity index (χ0) is 13.1. The maximum Gasteiger partial charge on any atom is 0.158 e. The van der Waals surface area contributed by atoms with E-state index in [0.717, 1.165) is 28.4 Å². The van der Waals surface area contributed by atoms with Gasteiger partial charge in [-0.1, -0.05) is 0 Å². The van der Waals surface area contributed by atoms with E-state index in [1.807, 2.05) is 6.92 Å². The minimum atomic E-state index is 0.473. The number of anilines is 1. The van der Waals surface area contributed by atoms with Crippen LogP contribution in [0.2, 0.25) is 0 Å². The highest BCUT2D eigenvalue weighted by Gasteiger charge is 2.13. The predicted molar refractivity (Wildman–Crippen MR) is 76.4 cm³/mol. The maximum atomic E-state index is 5.39. The van der Waals surface area contributed by atoms with Crippen LogP contribution in [0, 0.1) is 13.8 Å². The fourth-order valence-corrected chi connectivity index (χ4v) is 2.90. The van der Waals surface area contributed by atoms with Crippen molar-refractivity contribution >= 4 is 27.4 Å². The third-order valence-corrected chi connectivity index (χ3v) is 3.96. The standard InChI is InChI=1S/C13H19N3OS/c1-5-14-12-11-8(3)9(4)18-13(11)16-10(15-12)7-17-6-2/h5-7H2,1-4H3,(H,14,15,16). The maximum absolute atomic E-state index is 5.39. The van der Waals surface area contributed by atoms with Crippen molar-refractivity contribution in [3.63, 3.8) is 0 Å². The van der Waals surface area contributed by atoms with Crippen molar-refractivity contribution < 1.29 is 4.74 Å². The van der Waals surface area contributed by atoms with E-state index >= 15 is 0 Å². The third kappa shape index (κ3) is 2.47. The average molecular weight is 265 g/mol. The Labute approximate surface area is 111 Å². The molecule has 0 aromatic carbocycles. The molecule has 2 aromatic rings. The summed E-state index contributed by atoms with van der Waals surface area (Å²) in [6, 6.07) is 0. The molecule has 1 N–H and O–H groups in total. The average Bonchev–Trinajstić information content (AvgIpc) is 2.63. The van der Waals surface area contributed by atoms with Crippen molar-refractivity contribution in [1.82, 2.24) is 9.97 Å². The predicted octanol–water partition coefficient (Wildman–Crippen LogP) is 3.28. The summed E-state index contributed by atoms with van der Waals surface area (Å²) in [4.78, 5) is 11.5. The summed E-state index contributed by atoms with van der Waals surface area (Å²) in [6.45, 7) is 10.3. The Morgan fingerprint density at radius 1 is 1.22 bits per heavy atom. The fourth-order valence-electron chi connectivity index (χ4n) is 1.85. The molecule has 0 fully saturated rings. The lowest BCUT2D eigenvalue weighted by Crippen LogP contribution is -2.05. The third-order valence-electron chi connectivity index (χ3n) is 2.85. The van der Waals surface area contributed by atoms with Gasteiger partial charge in [-0.25, -0.2) is 9.97 Å². The molecule has 0 saturated carbocycles. The molecule has 2 rings (SSSR count). The van der Waals surface area contributed by atoms with Gasteiger partial charge in [0, 0.05) is 18.0 Å². The van der Waals surface area contributed by atoms with Gasteiger partial charge in [0.25, 0.3) is 0 Å². The number of nitrogens with zero attached hydrogens (tertiary/aromatic N) is 2. The molecule has 0 aliphatic rings. The molecule has 0 amide bonds. The highest BCUT2D eigenvalue weighted by Crippen LogP contribution is 2.33. The van der Waals surface area contributed by atoms with Crippen LogP contribution in [-0.2, 0) is 11.3 Å². The van der Waals surface area contributed by atoms with Crippen LogP contribution in [0.4, 0.5) is 5.82 Å². The van der Waals surface area contributed by atoms with Gasteiger partial charge < -0.3 is 10.1 Å². The van der Waals surface area contributed by atoms with Crippen LogP contribution < -0.4 is 5.32 Å². The van der Waals surface area contributed by atoms with Gasteiger partial charge in [0.2, 0.25) is 0 Å². The Morgan fingerprint density at radius 3 is 2.67 bits per heavy atom. The second kappa shape index (κ2) is 5.63. The lowest BCUT2D eigenvalue weighted by molar-refractivity contribution is 0.128. The number of aromatic nitrogens is 2. The summed E-state index contributed by atoms with van der Waals surface area (Å²) in [6.07, 6.45) is 0. The van der Waals surface area contributed by atoms with Gasteiger partial charge in [0.1, 0.15) is 17.3 Å². The van der Waals surface area contributed by atoms with Crippen LogP contribution in [-0.4, -0.2) is 23.1 Å². The second-order valence-corrected chi connectivity index (χ2v) is 5.32. The smallest absolute Gasteiger partial charge is 0.158 e. The normalized spacial score (nSPS) is 11.1.